The molecule has 0 aromatic carbocycles. The van der Waals surface area contributed by atoms with Crippen molar-refractivity contribution in [3.63, 3.8) is 0 Å². The van der Waals surface area contributed by atoms with E-state index in [9.17, 15) is 4.79 Å². The summed E-state index contributed by atoms with van der Waals surface area (Å²) < 4.78 is 2.79. The van der Waals surface area contributed by atoms with Gasteiger partial charge in [0.2, 0.25) is 0 Å². The minimum absolute atomic E-state index is 0.0348. The summed E-state index contributed by atoms with van der Waals surface area (Å²) in [7, 11) is 1.88. The molecule has 1 aliphatic carbocycles. The zero-order valence-electron chi connectivity index (χ0n) is 9.03. The molecule has 2 unspecified atom stereocenters. The minimum Gasteiger partial charge on any atom is -0.347 e. The molecule has 1 amide bonds. The third-order valence-corrected chi connectivity index (χ3v) is 4.03. The molecule has 0 bridgehead atoms. The summed E-state index contributed by atoms with van der Waals surface area (Å²) in [6, 6.07) is 2.24. The molecule has 5 heteroatoms. The molecule has 2 aliphatic rings. The van der Waals surface area contributed by atoms with Gasteiger partial charge in [-0.1, -0.05) is 0 Å². The lowest BCUT2D eigenvalue weighted by atomic mass is 10.3. The van der Waals surface area contributed by atoms with E-state index in [0.29, 0.717) is 23.6 Å². The predicted octanol–water partition coefficient (Wildman–Crippen LogP) is 0.735. The molecular formula is C11H14BrN3O. The molecule has 2 fully saturated rings. The molecule has 4 nitrogen and oxygen atoms in total. The normalized spacial score (nSPS) is 31.2. The standard InChI is InChI=1S/C11H14BrN3O/c1-15-5-6(12)2-9(15)11(16)14-10-7-3-13-4-8(7)10/h2,5,7-8,10,13H,3-4H2,1H3,(H,14,16). The first-order chi connectivity index (χ1) is 7.66. The fourth-order valence-electron chi connectivity index (χ4n) is 2.61. The van der Waals surface area contributed by atoms with Crippen molar-refractivity contribution in [3.8, 4) is 0 Å². The molecule has 0 spiro atoms. The van der Waals surface area contributed by atoms with Crippen LogP contribution in [-0.4, -0.2) is 29.6 Å². The highest BCUT2D eigenvalue weighted by atomic mass is 79.9. The van der Waals surface area contributed by atoms with Gasteiger partial charge in [-0.3, -0.25) is 4.79 Å². The summed E-state index contributed by atoms with van der Waals surface area (Å²) in [6.45, 7) is 2.10. The van der Waals surface area contributed by atoms with Crippen molar-refractivity contribution in [1.29, 1.82) is 0 Å². The average Bonchev–Trinajstić information content (AvgIpc) is 2.66. The molecule has 1 aliphatic heterocycles. The number of amides is 1. The highest BCUT2D eigenvalue weighted by Gasteiger charge is 2.53. The Balaban J connectivity index is 1.68. The molecule has 1 aromatic rings. The fraction of sp³-hybridized carbons (Fsp3) is 0.545. The number of aromatic nitrogens is 1. The van der Waals surface area contributed by atoms with Crippen LogP contribution in [0.5, 0.6) is 0 Å². The molecule has 1 aromatic heterocycles. The van der Waals surface area contributed by atoms with Gasteiger partial charge in [0, 0.05) is 36.8 Å². The van der Waals surface area contributed by atoms with Crippen molar-refractivity contribution in [2.24, 2.45) is 18.9 Å². The van der Waals surface area contributed by atoms with Crippen molar-refractivity contribution in [2.45, 2.75) is 6.04 Å². The molecule has 16 heavy (non-hydrogen) atoms. The second kappa shape index (κ2) is 3.60. The van der Waals surface area contributed by atoms with Crippen LogP contribution in [-0.2, 0) is 7.05 Å². The van der Waals surface area contributed by atoms with Crippen molar-refractivity contribution >= 4 is 21.8 Å². The Morgan fingerprint density at radius 3 is 2.81 bits per heavy atom. The first kappa shape index (κ1) is 10.4. The van der Waals surface area contributed by atoms with Crippen LogP contribution in [0, 0.1) is 11.8 Å². The Bertz CT molecular complexity index is 432. The zero-order valence-corrected chi connectivity index (χ0v) is 10.6. The molecule has 1 saturated carbocycles. The molecule has 3 rings (SSSR count). The molecule has 2 atom stereocenters. The van der Waals surface area contributed by atoms with Crippen LogP contribution in [0.4, 0.5) is 0 Å². The van der Waals surface area contributed by atoms with E-state index in [1.165, 1.54) is 0 Å². The minimum atomic E-state index is 0.0348. The summed E-state index contributed by atoms with van der Waals surface area (Å²) in [5, 5.41) is 6.42. The topological polar surface area (TPSA) is 46.1 Å². The fourth-order valence-corrected chi connectivity index (χ4v) is 3.13. The maximum absolute atomic E-state index is 12.0. The van der Waals surface area contributed by atoms with Gasteiger partial charge >= 0.3 is 0 Å². The van der Waals surface area contributed by atoms with Gasteiger partial charge in [0.1, 0.15) is 5.69 Å². The van der Waals surface area contributed by atoms with Crippen LogP contribution in [0.15, 0.2) is 16.7 Å². The van der Waals surface area contributed by atoms with Gasteiger partial charge in [-0.15, -0.1) is 0 Å². The van der Waals surface area contributed by atoms with Crippen molar-refractivity contribution in [1.82, 2.24) is 15.2 Å². The van der Waals surface area contributed by atoms with Crippen molar-refractivity contribution in [2.75, 3.05) is 13.1 Å². The quantitative estimate of drug-likeness (QED) is 0.841. The number of hydrogen-bond acceptors (Lipinski definition) is 2. The Hall–Kier alpha value is -0.810. The van der Waals surface area contributed by atoms with Crippen LogP contribution >= 0.6 is 15.9 Å². The largest absolute Gasteiger partial charge is 0.347 e. The number of aryl methyl sites for hydroxylation is 1. The predicted molar refractivity (Wildman–Crippen MR) is 64.2 cm³/mol. The second-order valence-corrected chi connectivity index (χ2v) is 5.56. The zero-order chi connectivity index (χ0) is 11.3. The number of carbonyl (C=O) groups excluding carboxylic acids is 1. The highest BCUT2D eigenvalue weighted by molar-refractivity contribution is 9.10. The third-order valence-electron chi connectivity index (χ3n) is 3.59. The molecule has 1 saturated heterocycles. The molecule has 2 heterocycles. The maximum Gasteiger partial charge on any atom is 0.268 e. The number of rotatable bonds is 2. The summed E-state index contributed by atoms with van der Waals surface area (Å²) in [5.41, 5.74) is 0.713. The van der Waals surface area contributed by atoms with E-state index >= 15 is 0 Å². The van der Waals surface area contributed by atoms with Crippen LogP contribution in [0.1, 0.15) is 10.5 Å². The number of hydrogen-bond donors (Lipinski definition) is 2. The van der Waals surface area contributed by atoms with Gasteiger partial charge < -0.3 is 15.2 Å². The number of nitrogens with one attached hydrogen (secondary N) is 2. The Morgan fingerprint density at radius 1 is 1.56 bits per heavy atom. The second-order valence-electron chi connectivity index (χ2n) is 4.64. The smallest absolute Gasteiger partial charge is 0.268 e. The molecule has 0 radical (unpaired) electrons. The van der Waals surface area contributed by atoms with E-state index in [2.05, 4.69) is 26.6 Å². The monoisotopic (exact) mass is 283 g/mol. The average molecular weight is 284 g/mol. The van der Waals surface area contributed by atoms with Gasteiger partial charge in [-0.2, -0.15) is 0 Å². The Labute approximate surface area is 103 Å². The number of halogens is 1. The number of nitrogens with zero attached hydrogens (tertiary/aromatic N) is 1. The van der Waals surface area contributed by atoms with Gasteiger partial charge in [0.15, 0.2) is 0 Å². The van der Waals surface area contributed by atoms with Crippen molar-refractivity contribution < 1.29 is 4.79 Å². The van der Waals surface area contributed by atoms with Crippen molar-refractivity contribution in [3.05, 3.63) is 22.4 Å². The van der Waals surface area contributed by atoms with Crippen LogP contribution in [0.2, 0.25) is 0 Å². The Kier molecular flexibility index (Phi) is 2.33. The van der Waals surface area contributed by atoms with Gasteiger partial charge in [0.05, 0.1) is 0 Å². The molecular weight excluding hydrogens is 270 g/mol. The van der Waals surface area contributed by atoms with E-state index in [0.717, 1.165) is 17.6 Å². The maximum atomic E-state index is 12.0. The van der Waals surface area contributed by atoms with Crippen LogP contribution < -0.4 is 10.6 Å². The number of fused-ring (bicyclic) bond motifs is 1. The van der Waals surface area contributed by atoms with Crippen LogP contribution in [0.3, 0.4) is 0 Å². The Morgan fingerprint density at radius 2 is 2.25 bits per heavy atom. The highest BCUT2D eigenvalue weighted by Crippen LogP contribution is 2.41. The summed E-state index contributed by atoms with van der Waals surface area (Å²) in [5.74, 6) is 1.35. The first-order valence-corrected chi connectivity index (χ1v) is 6.29. The van der Waals surface area contributed by atoms with Gasteiger partial charge in [-0.05, 0) is 33.8 Å². The molecule has 86 valence electrons. The third kappa shape index (κ3) is 1.58. The van der Waals surface area contributed by atoms with Crippen LogP contribution in [0.25, 0.3) is 0 Å². The van der Waals surface area contributed by atoms with E-state index in [4.69, 9.17) is 0 Å². The lowest BCUT2D eigenvalue weighted by Gasteiger charge is -2.08. The van der Waals surface area contributed by atoms with Gasteiger partial charge in [0.25, 0.3) is 5.91 Å². The van der Waals surface area contributed by atoms with E-state index in [-0.39, 0.29) is 5.91 Å². The summed E-state index contributed by atoms with van der Waals surface area (Å²) >= 11 is 3.37. The number of piperidine rings is 1. The number of carbonyl (C=O) groups is 1. The van der Waals surface area contributed by atoms with Gasteiger partial charge in [-0.25, -0.2) is 0 Å². The summed E-state index contributed by atoms with van der Waals surface area (Å²) in [4.78, 5) is 12.0. The van der Waals surface area contributed by atoms with E-state index in [1.54, 1.807) is 0 Å². The lowest BCUT2D eigenvalue weighted by molar-refractivity contribution is 0.0938. The SMILES string of the molecule is Cn1cc(Br)cc1C(=O)NC1C2CNCC21. The summed E-state index contributed by atoms with van der Waals surface area (Å²) in [6.07, 6.45) is 1.89. The van der Waals surface area contributed by atoms with E-state index < -0.39 is 0 Å². The van der Waals surface area contributed by atoms with E-state index in [1.807, 2.05) is 23.9 Å². The first-order valence-electron chi connectivity index (χ1n) is 5.50. The lowest BCUT2D eigenvalue weighted by Crippen LogP contribution is -2.33. The molecule has 2 N–H and O–H groups in total.